The van der Waals surface area contributed by atoms with E-state index in [1.54, 1.807) is 73.1 Å². The summed E-state index contributed by atoms with van der Waals surface area (Å²) in [6, 6.07) is 20.6. The number of fused-ring (bicyclic) bond motifs is 4. The molecule has 0 N–H and O–H groups in total. The molecule has 8 nitrogen and oxygen atoms in total. The van der Waals surface area contributed by atoms with E-state index in [-0.39, 0.29) is 0 Å². The summed E-state index contributed by atoms with van der Waals surface area (Å²) < 4.78 is 0. The molecule has 46 heavy (non-hydrogen) atoms. The van der Waals surface area contributed by atoms with Crippen molar-refractivity contribution in [3.8, 4) is 22.3 Å². The van der Waals surface area contributed by atoms with Gasteiger partial charge in [-0.15, -0.1) is 11.8 Å². The summed E-state index contributed by atoms with van der Waals surface area (Å²) in [6.07, 6.45) is 13.8. The van der Waals surface area contributed by atoms with Crippen molar-refractivity contribution in [2.45, 2.75) is 0 Å². The number of para-hydroxylation sites is 2. The van der Waals surface area contributed by atoms with E-state index in [4.69, 9.17) is 19.9 Å². The molecule has 9 rings (SSSR count). The van der Waals surface area contributed by atoms with Crippen molar-refractivity contribution in [3.63, 3.8) is 0 Å². The van der Waals surface area contributed by atoms with Crippen molar-refractivity contribution in [1.29, 1.82) is 0 Å². The van der Waals surface area contributed by atoms with E-state index < -0.39 is 0 Å². The topological polar surface area (TPSA) is 103 Å². The summed E-state index contributed by atoms with van der Waals surface area (Å²) >= 11 is 3.34. The minimum atomic E-state index is 0.819. The van der Waals surface area contributed by atoms with E-state index in [1.807, 2.05) is 24.3 Å². The number of thioether (sulfide) groups is 2. The van der Waals surface area contributed by atoms with E-state index in [0.29, 0.717) is 0 Å². The molecule has 0 fully saturated rings. The van der Waals surface area contributed by atoms with Crippen molar-refractivity contribution in [2.24, 2.45) is 0 Å². The van der Waals surface area contributed by atoms with Crippen molar-refractivity contribution >= 4 is 77.5 Å². The maximum atomic E-state index is 4.83. The van der Waals surface area contributed by atoms with Gasteiger partial charge in [-0.05, 0) is 22.9 Å². The summed E-state index contributed by atoms with van der Waals surface area (Å²) in [6.45, 7) is 0. The second-order valence-corrected chi connectivity index (χ2v) is 12.3. The molecular weight excluding hydrogens is 609 g/mol. The first-order valence-corrected chi connectivity index (χ1v) is 16.2. The second kappa shape index (κ2) is 11.1. The molecule has 1 aliphatic rings. The Balaban J connectivity index is 1.13. The Morgan fingerprint density at radius 1 is 0.326 bits per heavy atom. The molecule has 1 aliphatic heterocycles. The highest BCUT2D eigenvalue weighted by Crippen LogP contribution is 2.49. The summed E-state index contributed by atoms with van der Waals surface area (Å²) in [7, 11) is 0. The Bertz CT molecular complexity index is 2380. The molecule has 0 unspecified atom stereocenters. The fraction of sp³-hybridized carbons (Fsp3) is 0. The van der Waals surface area contributed by atoms with Gasteiger partial charge >= 0.3 is 0 Å². The summed E-state index contributed by atoms with van der Waals surface area (Å²) in [4.78, 5) is 39.7. The van der Waals surface area contributed by atoms with Gasteiger partial charge in [-0.1, -0.05) is 60.3 Å². The lowest BCUT2D eigenvalue weighted by atomic mass is 9.99. The highest BCUT2D eigenvalue weighted by atomic mass is 32.2. The Labute approximate surface area is 270 Å². The van der Waals surface area contributed by atoms with Gasteiger partial charge in [0.1, 0.15) is 0 Å². The molecule has 0 atom stereocenters. The predicted molar refractivity (Wildman–Crippen MR) is 187 cm³/mol. The fourth-order valence-corrected chi connectivity index (χ4v) is 8.00. The molecule has 0 aliphatic carbocycles. The quantitative estimate of drug-likeness (QED) is 0.188. The standard InChI is InChI=1S/C36H20N8S2/c1-3-21(31-27(5-1)37-11-13-39-31)23-7-9-25(35-33(23)41-15-17-43-35)29-19-45-20-30(46-29)26-10-8-24(34-36(26)44-18-16-42-34)22-4-2-6-28-32(22)40-14-12-38-28/h1-20H. The average Bonchev–Trinajstić information content (AvgIpc) is 3.13. The number of hydrogen-bond donors (Lipinski definition) is 0. The number of nitrogens with zero attached hydrogens (tertiary/aromatic N) is 8. The molecule has 5 heterocycles. The number of rotatable bonds is 4. The Morgan fingerprint density at radius 3 is 1.13 bits per heavy atom. The third-order valence-electron chi connectivity index (χ3n) is 7.93. The zero-order valence-electron chi connectivity index (χ0n) is 23.9. The van der Waals surface area contributed by atoms with Gasteiger partial charge in [-0.25, -0.2) is 0 Å². The zero-order valence-corrected chi connectivity index (χ0v) is 25.6. The highest BCUT2D eigenvalue weighted by Gasteiger charge is 2.22. The third kappa shape index (κ3) is 4.41. The van der Waals surface area contributed by atoms with Crippen LogP contribution in [0.1, 0.15) is 11.1 Å². The van der Waals surface area contributed by atoms with E-state index in [9.17, 15) is 0 Å². The first-order chi connectivity index (χ1) is 22.8. The number of aromatic nitrogens is 8. The molecule has 4 aromatic carbocycles. The molecule has 0 saturated carbocycles. The summed E-state index contributed by atoms with van der Waals surface area (Å²) in [5.41, 5.74) is 12.6. The van der Waals surface area contributed by atoms with Gasteiger partial charge in [-0.3, -0.25) is 39.9 Å². The van der Waals surface area contributed by atoms with E-state index in [2.05, 4.69) is 67.2 Å². The molecule has 0 bridgehead atoms. The minimum absolute atomic E-state index is 0.819. The Morgan fingerprint density at radius 2 is 0.674 bits per heavy atom. The van der Waals surface area contributed by atoms with Crippen LogP contribution in [-0.4, -0.2) is 39.9 Å². The lowest BCUT2D eigenvalue weighted by Crippen LogP contribution is -1.96. The van der Waals surface area contributed by atoms with Crippen molar-refractivity contribution in [3.05, 3.63) is 132 Å². The van der Waals surface area contributed by atoms with Crippen LogP contribution in [0.4, 0.5) is 0 Å². The Kier molecular flexibility index (Phi) is 6.46. The molecule has 0 spiro atoms. The zero-order chi connectivity index (χ0) is 30.5. The SMILES string of the molecule is C1=C(c2ccc(-c3cccc4nccnc34)c3nccnc23)SC(c2ccc(-c3cccc4nccnc34)c3nccnc23)=CS1. The first-order valence-electron chi connectivity index (χ1n) is 14.5. The van der Waals surface area contributed by atoms with Crippen LogP contribution in [0.3, 0.4) is 0 Å². The number of hydrogen-bond acceptors (Lipinski definition) is 10. The third-order valence-corrected chi connectivity index (χ3v) is 10.1. The van der Waals surface area contributed by atoms with Gasteiger partial charge in [0, 0.05) is 92.8 Å². The largest absolute Gasteiger partial charge is 0.253 e. The fourth-order valence-electron chi connectivity index (χ4n) is 5.93. The van der Waals surface area contributed by atoms with Gasteiger partial charge in [0.25, 0.3) is 0 Å². The predicted octanol–water partition coefficient (Wildman–Crippen LogP) is 8.57. The summed E-state index contributed by atoms with van der Waals surface area (Å²) in [5.74, 6) is 0. The van der Waals surface area contributed by atoms with Crippen LogP contribution in [0.15, 0.2) is 121 Å². The monoisotopic (exact) mass is 628 g/mol. The molecule has 0 amide bonds. The lowest BCUT2D eigenvalue weighted by molar-refractivity contribution is 1.28. The molecule has 8 aromatic rings. The summed E-state index contributed by atoms with van der Waals surface area (Å²) in [5, 5.41) is 4.33. The second-order valence-electron chi connectivity index (χ2n) is 10.5. The molecular formula is C36H20N8S2. The first kappa shape index (κ1) is 26.8. The highest BCUT2D eigenvalue weighted by molar-refractivity contribution is 8.20. The van der Waals surface area contributed by atoms with E-state index >= 15 is 0 Å². The molecule has 0 radical (unpaired) electrons. The van der Waals surface area contributed by atoms with Crippen LogP contribution in [0.5, 0.6) is 0 Å². The molecule has 0 saturated heterocycles. The van der Waals surface area contributed by atoms with Crippen molar-refractivity contribution in [2.75, 3.05) is 0 Å². The van der Waals surface area contributed by atoms with Crippen LogP contribution < -0.4 is 0 Å². The van der Waals surface area contributed by atoms with Gasteiger partial charge < -0.3 is 0 Å². The maximum absolute atomic E-state index is 4.83. The van der Waals surface area contributed by atoms with Crippen LogP contribution >= 0.6 is 23.5 Å². The molecule has 10 heteroatoms. The van der Waals surface area contributed by atoms with Crippen LogP contribution in [-0.2, 0) is 0 Å². The minimum Gasteiger partial charge on any atom is -0.253 e. The van der Waals surface area contributed by atoms with E-state index in [1.165, 1.54) is 0 Å². The van der Waals surface area contributed by atoms with Gasteiger partial charge in [-0.2, -0.15) is 0 Å². The van der Waals surface area contributed by atoms with Gasteiger partial charge in [0.15, 0.2) is 0 Å². The maximum Gasteiger partial charge on any atom is 0.0977 e. The molecule has 4 aromatic heterocycles. The normalized spacial score (nSPS) is 13.3. The smallest absolute Gasteiger partial charge is 0.0977 e. The molecule has 216 valence electrons. The van der Waals surface area contributed by atoms with Crippen molar-refractivity contribution < 1.29 is 0 Å². The Hall–Kier alpha value is -5.58. The average molecular weight is 629 g/mol. The number of benzene rings is 4. The van der Waals surface area contributed by atoms with Gasteiger partial charge in [0.2, 0.25) is 0 Å². The van der Waals surface area contributed by atoms with Gasteiger partial charge in [0.05, 0.1) is 44.1 Å². The lowest BCUT2D eigenvalue weighted by Gasteiger charge is -2.18. The van der Waals surface area contributed by atoms with Crippen molar-refractivity contribution in [1.82, 2.24) is 39.9 Å². The van der Waals surface area contributed by atoms with E-state index in [0.717, 1.165) is 87.3 Å². The van der Waals surface area contributed by atoms with Crippen LogP contribution in [0.25, 0.3) is 76.2 Å². The van der Waals surface area contributed by atoms with Crippen LogP contribution in [0, 0.1) is 0 Å². The van der Waals surface area contributed by atoms with Crippen LogP contribution in [0.2, 0.25) is 0 Å².